The van der Waals surface area contributed by atoms with Gasteiger partial charge in [-0.25, -0.2) is 0 Å². The second kappa shape index (κ2) is 7.95. The molecule has 0 aromatic carbocycles. The summed E-state index contributed by atoms with van der Waals surface area (Å²) in [5.41, 5.74) is 0. The van der Waals surface area contributed by atoms with Crippen LogP contribution >= 0.6 is 0 Å². The summed E-state index contributed by atoms with van der Waals surface area (Å²) in [5, 5.41) is 0. The first-order valence-corrected chi connectivity index (χ1v) is 8.62. The normalized spacial score (nSPS) is 26.4. The van der Waals surface area contributed by atoms with E-state index < -0.39 is 6.04 Å². The first-order chi connectivity index (χ1) is 10.5. The standard InChI is InChI=1S/C17H30N2O3/c1-13(2)6-7-15-5-4-8-18(11-15)17(21)16-12-22-10-9-19(16)14(3)20/h13,15-16H,4-12H2,1-3H3/t15-,16+/m0/s1. The average molecular weight is 310 g/mol. The molecule has 0 aliphatic carbocycles. The van der Waals surface area contributed by atoms with Crippen molar-refractivity contribution < 1.29 is 14.3 Å². The van der Waals surface area contributed by atoms with Crippen LogP contribution in [0.25, 0.3) is 0 Å². The van der Waals surface area contributed by atoms with Gasteiger partial charge in [-0.2, -0.15) is 0 Å². The maximum Gasteiger partial charge on any atom is 0.247 e. The third kappa shape index (κ3) is 4.45. The van der Waals surface area contributed by atoms with Gasteiger partial charge < -0.3 is 14.5 Å². The highest BCUT2D eigenvalue weighted by atomic mass is 16.5. The summed E-state index contributed by atoms with van der Waals surface area (Å²) in [6.45, 7) is 9.08. The van der Waals surface area contributed by atoms with E-state index in [4.69, 9.17) is 4.74 Å². The van der Waals surface area contributed by atoms with Gasteiger partial charge in [0.2, 0.25) is 11.8 Å². The van der Waals surface area contributed by atoms with E-state index in [2.05, 4.69) is 13.8 Å². The van der Waals surface area contributed by atoms with E-state index in [9.17, 15) is 9.59 Å². The maximum absolute atomic E-state index is 12.8. The van der Waals surface area contributed by atoms with Gasteiger partial charge in [0.15, 0.2) is 0 Å². The molecule has 2 rings (SSSR count). The Morgan fingerprint density at radius 2 is 2.05 bits per heavy atom. The molecular formula is C17H30N2O3. The number of hydrogen-bond acceptors (Lipinski definition) is 3. The Labute approximate surface area is 134 Å². The predicted molar refractivity (Wildman–Crippen MR) is 85.4 cm³/mol. The lowest BCUT2D eigenvalue weighted by Gasteiger charge is -2.40. The Morgan fingerprint density at radius 1 is 1.27 bits per heavy atom. The monoisotopic (exact) mass is 310 g/mol. The van der Waals surface area contributed by atoms with Crippen molar-refractivity contribution in [2.75, 3.05) is 32.8 Å². The first kappa shape index (κ1) is 17.3. The van der Waals surface area contributed by atoms with Gasteiger partial charge in [-0.15, -0.1) is 0 Å². The largest absolute Gasteiger partial charge is 0.377 e. The molecule has 2 atom stereocenters. The van der Waals surface area contributed by atoms with Gasteiger partial charge in [0.25, 0.3) is 0 Å². The average Bonchev–Trinajstić information content (AvgIpc) is 2.52. The van der Waals surface area contributed by atoms with Crippen LogP contribution < -0.4 is 0 Å². The number of carbonyl (C=O) groups excluding carboxylic acids is 2. The fraction of sp³-hybridized carbons (Fsp3) is 0.882. The quantitative estimate of drug-likeness (QED) is 0.797. The lowest BCUT2D eigenvalue weighted by atomic mass is 9.90. The molecule has 2 aliphatic rings. The summed E-state index contributed by atoms with van der Waals surface area (Å²) in [6.07, 6.45) is 4.70. The second-order valence-electron chi connectivity index (χ2n) is 7.07. The molecule has 5 nitrogen and oxygen atoms in total. The Bertz CT molecular complexity index is 397. The van der Waals surface area contributed by atoms with E-state index in [0.717, 1.165) is 19.5 Å². The summed E-state index contributed by atoms with van der Waals surface area (Å²) in [7, 11) is 0. The van der Waals surface area contributed by atoms with Crippen LogP contribution in [0, 0.1) is 11.8 Å². The van der Waals surface area contributed by atoms with Gasteiger partial charge in [0.1, 0.15) is 6.04 Å². The number of amides is 2. The summed E-state index contributed by atoms with van der Waals surface area (Å²) in [4.78, 5) is 28.2. The molecule has 0 aromatic rings. The van der Waals surface area contributed by atoms with Crippen LogP contribution in [0.3, 0.4) is 0 Å². The third-order valence-corrected chi connectivity index (χ3v) is 4.80. The molecule has 0 unspecified atom stereocenters. The molecule has 2 aliphatic heterocycles. The molecule has 0 saturated carbocycles. The fourth-order valence-electron chi connectivity index (χ4n) is 3.47. The molecule has 2 heterocycles. The van der Waals surface area contributed by atoms with Crippen molar-refractivity contribution in [1.29, 1.82) is 0 Å². The SMILES string of the molecule is CC(=O)N1CCOC[C@@H]1C(=O)N1CCC[C@@H](CCC(C)C)C1. The molecule has 0 N–H and O–H groups in total. The summed E-state index contributed by atoms with van der Waals surface area (Å²) >= 11 is 0. The maximum atomic E-state index is 12.8. The van der Waals surface area contributed by atoms with E-state index in [1.807, 2.05) is 4.90 Å². The molecule has 2 saturated heterocycles. The summed E-state index contributed by atoms with van der Waals surface area (Å²) in [5.74, 6) is 1.36. The minimum atomic E-state index is -0.421. The van der Waals surface area contributed by atoms with Crippen LogP contribution in [-0.2, 0) is 14.3 Å². The number of morpholine rings is 1. The fourth-order valence-corrected chi connectivity index (χ4v) is 3.47. The smallest absolute Gasteiger partial charge is 0.247 e. The molecule has 0 aromatic heterocycles. The Kier molecular flexibility index (Phi) is 6.24. The first-order valence-electron chi connectivity index (χ1n) is 8.62. The Balaban J connectivity index is 1.94. The van der Waals surface area contributed by atoms with E-state index in [1.54, 1.807) is 4.90 Å². The summed E-state index contributed by atoms with van der Waals surface area (Å²) in [6, 6.07) is -0.421. The van der Waals surface area contributed by atoms with Crippen molar-refractivity contribution in [3.63, 3.8) is 0 Å². The van der Waals surface area contributed by atoms with Crippen molar-refractivity contribution in [3.05, 3.63) is 0 Å². The molecule has 2 amide bonds. The Hall–Kier alpha value is -1.10. The van der Waals surface area contributed by atoms with Crippen molar-refractivity contribution >= 4 is 11.8 Å². The number of rotatable bonds is 4. The number of ether oxygens (including phenoxy) is 1. The predicted octanol–water partition coefficient (Wildman–Crippen LogP) is 1.91. The second-order valence-corrected chi connectivity index (χ2v) is 7.07. The third-order valence-electron chi connectivity index (χ3n) is 4.80. The van der Waals surface area contributed by atoms with Gasteiger partial charge in [0.05, 0.1) is 13.2 Å². The van der Waals surface area contributed by atoms with Gasteiger partial charge in [-0.05, 0) is 31.1 Å². The van der Waals surface area contributed by atoms with Crippen LogP contribution in [0.15, 0.2) is 0 Å². The number of hydrogen-bond donors (Lipinski definition) is 0. The zero-order valence-corrected chi connectivity index (χ0v) is 14.2. The topological polar surface area (TPSA) is 49.9 Å². The van der Waals surface area contributed by atoms with E-state index >= 15 is 0 Å². The van der Waals surface area contributed by atoms with Crippen LogP contribution in [0.2, 0.25) is 0 Å². The Morgan fingerprint density at radius 3 is 2.73 bits per heavy atom. The lowest BCUT2D eigenvalue weighted by Crippen LogP contribution is -2.57. The summed E-state index contributed by atoms with van der Waals surface area (Å²) < 4.78 is 5.44. The molecular weight excluding hydrogens is 280 g/mol. The minimum absolute atomic E-state index is 0.0324. The highest BCUT2D eigenvalue weighted by Crippen LogP contribution is 2.24. The van der Waals surface area contributed by atoms with Crippen LogP contribution in [0.5, 0.6) is 0 Å². The molecule has 126 valence electrons. The molecule has 0 radical (unpaired) electrons. The number of piperidine rings is 1. The number of carbonyl (C=O) groups is 2. The zero-order valence-electron chi connectivity index (χ0n) is 14.2. The molecule has 0 bridgehead atoms. The van der Waals surface area contributed by atoms with E-state index in [-0.39, 0.29) is 11.8 Å². The van der Waals surface area contributed by atoms with Crippen molar-refractivity contribution in [1.82, 2.24) is 9.80 Å². The van der Waals surface area contributed by atoms with Gasteiger partial charge >= 0.3 is 0 Å². The van der Waals surface area contributed by atoms with Gasteiger partial charge in [-0.1, -0.05) is 20.3 Å². The number of nitrogens with zero attached hydrogens (tertiary/aromatic N) is 2. The van der Waals surface area contributed by atoms with E-state index in [0.29, 0.717) is 31.6 Å². The zero-order chi connectivity index (χ0) is 16.1. The van der Waals surface area contributed by atoms with Crippen molar-refractivity contribution in [2.24, 2.45) is 11.8 Å². The highest BCUT2D eigenvalue weighted by Gasteiger charge is 2.35. The molecule has 5 heteroatoms. The lowest BCUT2D eigenvalue weighted by molar-refractivity contribution is -0.154. The van der Waals surface area contributed by atoms with E-state index in [1.165, 1.54) is 26.2 Å². The van der Waals surface area contributed by atoms with Crippen molar-refractivity contribution in [3.8, 4) is 0 Å². The molecule has 22 heavy (non-hydrogen) atoms. The molecule has 0 spiro atoms. The van der Waals surface area contributed by atoms with Crippen LogP contribution in [0.4, 0.5) is 0 Å². The van der Waals surface area contributed by atoms with Crippen molar-refractivity contribution in [2.45, 2.75) is 52.5 Å². The van der Waals surface area contributed by atoms with Gasteiger partial charge in [0, 0.05) is 26.6 Å². The van der Waals surface area contributed by atoms with Crippen LogP contribution in [0.1, 0.15) is 46.5 Å². The highest BCUT2D eigenvalue weighted by molar-refractivity contribution is 5.87. The minimum Gasteiger partial charge on any atom is -0.377 e. The van der Waals surface area contributed by atoms with Gasteiger partial charge in [-0.3, -0.25) is 9.59 Å². The van der Waals surface area contributed by atoms with Crippen LogP contribution in [-0.4, -0.2) is 60.5 Å². The molecule has 2 fully saturated rings. The number of likely N-dealkylation sites (tertiary alicyclic amines) is 1.